The number of hydrogen-bond donors (Lipinski definition) is 0. The summed E-state index contributed by atoms with van der Waals surface area (Å²) in [6.45, 7) is 11.5. The van der Waals surface area contributed by atoms with Crippen molar-refractivity contribution < 1.29 is 19.0 Å². The van der Waals surface area contributed by atoms with Gasteiger partial charge >= 0.3 is 0 Å². The average molecular weight is 543 g/mol. The van der Waals surface area contributed by atoms with Crippen molar-refractivity contribution in [3.8, 4) is 17.2 Å². The van der Waals surface area contributed by atoms with Crippen LogP contribution < -0.4 is 14.2 Å². The van der Waals surface area contributed by atoms with E-state index in [1.54, 1.807) is 12.1 Å². The molecule has 1 amide bonds. The number of carbonyl (C=O) groups is 1. The van der Waals surface area contributed by atoms with Crippen LogP contribution in [0.25, 0.3) is 11.0 Å². The van der Waals surface area contributed by atoms with Crippen molar-refractivity contribution in [1.82, 2.24) is 19.4 Å². The molecule has 1 aliphatic rings. The number of benzene rings is 3. The second-order valence-corrected chi connectivity index (χ2v) is 9.76. The number of imidazole rings is 1. The molecular weight excluding hydrogens is 504 g/mol. The van der Waals surface area contributed by atoms with Gasteiger partial charge in [-0.05, 0) is 50.6 Å². The van der Waals surface area contributed by atoms with Crippen molar-refractivity contribution >= 4 is 16.9 Å². The molecule has 40 heavy (non-hydrogen) atoms. The molecule has 3 aromatic carbocycles. The fourth-order valence-corrected chi connectivity index (χ4v) is 5.19. The number of amides is 1. The minimum absolute atomic E-state index is 0.0269. The Morgan fingerprint density at radius 3 is 2.05 bits per heavy atom. The Morgan fingerprint density at radius 2 is 1.40 bits per heavy atom. The minimum atomic E-state index is -0.0269. The fraction of sp³-hybridized carbons (Fsp3) is 0.375. The van der Waals surface area contributed by atoms with Crippen LogP contribution in [0.15, 0.2) is 66.7 Å². The number of carbonyl (C=O) groups excluding carboxylic acids is 1. The summed E-state index contributed by atoms with van der Waals surface area (Å²) in [6.07, 6.45) is 0. The topological polar surface area (TPSA) is 69.1 Å². The van der Waals surface area contributed by atoms with Crippen molar-refractivity contribution in [3.63, 3.8) is 0 Å². The van der Waals surface area contributed by atoms with E-state index in [1.807, 2.05) is 37.8 Å². The quantitative estimate of drug-likeness (QED) is 0.258. The zero-order valence-corrected chi connectivity index (χ0v) is 23.6. The smallest absolute Gasteiger partial charge is 0.254 e. The number of rotatable bonds is 11. The molecule has 8 nitrogen and oxygen atoms in total. The van der Waals surface area contributed by atoms with E-state index in [0.29, 0.717) is 55.7 Å². The van der Waals surface area contributed by atoms with Crippen molar-refractivity contribution in [1.29, 1.82) is 0 Å². The Balaban J connectivity index is 1.30. The second-order valence-electron chi connectivity index (χ2n) is 9.76. The summed E-state index contributed by atoms with van der Waals surface area (Å²) >= 11 is 0. The number of hydrogen-bond acceptors (Lipinski definition) is 6. The van der Waals surface area contributed by atoms with Crippen LogP contribution in [0.1, 0.15) is 42.5 Å². The highest BCUT2D eigenvalue weighted by molar-refractivity contribution is 5.95. The van der Waals surface area contributed by atoms with Crippen LogP contribution in [0.5, 0.6) is 17.2 Å². The van der Waals surface area contributed by atoms with E-state index >= 15 is 0 Å². The van der Waals surface area contributed by atoms with Gasteiger partial charge in [0.15, 0.2) is 11.5 Å². The lowest BCUT2D eigenvalue weighted by atomic mass is 10.1. The summed E-state index contributed by atoms with van der Waals surface area (Å²) in [7, 11) is 0. The summed E-state index contributed by atoms with van der Waals surface area (Å²) in [5.74, 6) is 2.63. The lowest BCUT2D eigenvalue weighted by molar-refractivity contribution is 0.0623. The molecule has 1 fully saturated rings. The normalized spacial score (nSPS) is 13.9. The Morgan fingerprint density at radius 1 is 0.775 bits per heavy atom. The van der Waals surface area contributed by atoms with Gasteiger partial charge in [0.05, 0.1) is 37.4 Å². The number of aromatic nitrogens is 2. The molecule has 0 N–H and O–H groups in total. The number of para-hydroxylation sites is 2. The van der Waals surface area contributed by atoms with Gasteiger partial charge in [0.2, 0.25) is 5.75 Å². The van der Waals surface area contributed by atoms with Crippen LogP contribution in [0, 0.1) is 0 Å². The van der Waals surface area contributed by atoms with E-state index in [1.165, 1.54) is 5.56 Å². The first-order valence-corrected chi connectivity index (χ1v) is 14.2. The molecular formula is C32H38N4O4. The van der Waals surface area contributed by atoms with Crippen LogP contribution >= 0.6 is 0 Å². The molecule has 1 saturated heterocycles. The van der Waals surface area contributed by atoms with E-state index < -0.39 is 0 Å². The zero-order chi connectivity index (χ0) is 27.9. The molecule has 2 heterocycles. The third kappa shape index (κ3) is 6.07. The number of nitrogens with zero attached hydrogens (tertiary/aromatic N) is 4. The molecule has 0 atom stereocenters. The maximum atomic E-state index is 13.6. The Hall–Kier alpha value is -4.04. The Bertz CT molecular complexity index is 1400. The molecule has 0 saturated carbocycles. The predicted octanol–water partition coefficient (Wildman–Crippen LogP) is 5.24. The van der Waals surface area contributed by atoms with Crippen molar-refractivity contribution in [2.75, 3.05) is 46.0 Å². The summed E-state index contributed by atoms with van der Waals surface area (Å²) in [4.78, 5) is 22.8. The van der Waals surface area contributed by atoms with Crippen LogP contribution in [0.4, 0.5) is 0 Å². The van der Waals surface area contributed by atoms with E-state index in [4.69, 9.17) is 19.2 Å². The predicted molar refractivity (Wildman–Crippen MR) is 156 cm³/mol. The van der Waals surface area contributed by atoms with Gasteiger partial charge in [0, 0.05) is 38.3 Å². The van der Waals surface area contributed by atoms with Crippen molar-refractivity contribution in [3.05, 3.63) is 83.7 Å². The van der Waals surface area contributed by atoms with E-state index in [-0.39, 0.29) is 5.91 Å². The zero-order valence-electron chi connectivity index (χ0n) is 23.6. The lowest BCUT2D eigenvalue weighted by Crippen LogP contribution is -2.48. The molecule has 0 bridgehead atoms. The van der Waals surface area contributed by atoms with Gasteiger partial charge in [-0.3, -0.25) is 9.69 Å². The highest BCUT2D eigenvalue weighted by Gasteiger charge is 2.26. The molecule has 1 aromatic heterocycles. The average Bonchev–Trinajstić information content (AvgIpc) is 3.32. The molecule has 0 spiro atoms. The van der Waals surface area contributed by atoms with Crippen LogP contribution in [0.2, 0.25) is 0 Å². The summed E-state index contributed by atoms with van der Waals surface area (Å²) in [5, 5.41) is 0. The molecule has 0 aliphatic carbocycles. The first-order chi connectivity index (χ1) is 19.6. The van der Waals surface area contributed by atoms with Crippen LogP contribution in [-0.4, -0.2) is 71.3 Å². The second kappa shape index (κ2) is 12.9. The molecule has 1 aliphatic heterocycles. The van der Waals surface area contributed by atoms with Gasteiger partial charge in [-0.1, -0.05) is 42.5 Å². The highest BCUT2D eigenvalue weighted by atomic mass is 16.5. The highest BCUT2D eigenvalue weighted by Crippen LogP contribution is 2.39. The van der Waals surface area contributed by atoms with Crippen LogP contribution in [0.3, 0.4) is 0 Å². The molecule has 0 unspecified atom stereocenters. The van der Waals surface area contributed by atoms with E-state index in [0.717, 1.165) is 43.0 Å². The Labute approximate surface area is 236 Å². The lowest BCUT2D eigenvalue weighted by Gasteiger charge is -2.34. The largest absolute Gasteiger partial charge is 0.490 e. The number of piperazine rings is 1. The van der Waals surface area contributed by atoms with E-state index in [2.05, 4.69) is 51.9 Å². The molecule has 5 rings (SSSR count). The number of fused-ring (bicyclic) bond motifs is 1. The third-order valence-electron chi connectivity index (χ3n) is 7.10. The SMILES string of the molecule is CCOc1cc(C(=O)N2CCN(Cc3nc4ccccc4n3Cc3ccccc3)CC2)cc(OCC)c1OCC. The maximum Gasteiger partial charge on any atom is 0.254 e. The van der Waals surface area contributed by atoms with Gasteiger partial charge in [-0.15, -0.1) is 0 Å². The molecule has 8 heteroatoms. The standard InChI is InChI=1S/C32H38N4O4/c1-4-38-28-20-25(21-29(39-5-2)31(28)40-6-3)32(37)35-18-16-34(17-19-35)23-30-33-26-14-10-11-15-27(26)36(30)22-24-12-8-7-9-13-24/h7-15,20-21H,4-6,16-19,22-23H2,1-3H3. The Kier molecular flexibility index (Phi) is 8.86. The van der Waals surface area contributed by atoms with Crippen LogP contribution in [-0.2, 0) is 13.1 Å². The minimum Gasteiger partial charge on any atom is -0.490 e. The fourth-order valence-electron chi connectivity index (χ4n) is 5.19. The van der Waals surface area contributed by atoms with Gasteiger partial charge in [0.1, 0.15) is 5.82 Å². The molecule has 210 valence electrons. The molecule has 0 radical (unpaired) electrons. The van der Waals surface area contributed by atoms with Crippen molar-refractivity contribution in [2.24, 2.45) is 0 Å². The maximum absolute atomic E-state index is 13.6. The first-order valence-electron chi connectivity index (χ1n) is 14.2. The van der Waals surface area contributed by atoms with Gasteiger partial charge in [-0.25, -0.2) is 4.98 Å². The monoisotopic (exact) mass is 542 g/mol. The summed E-state index contributed by atoms with van der Waals surface area (Å²) in [5.41, 5.74) is 3.94. The van der Waals surface area contributed by atoms with Gasteiger partial charge in [0.25, 0.3) is 5.91 Å². The number of ether oxygens (including phenoxy) is 3. The van der Waals surface area contributed by atoms with Crippen molar-refractivity contribution in [2.45, 2.75) is 33.9 Å². The summed E-state index contributed by atoms with van der Waals surface area (Å²) < 4.78 is 19.8. The summed E-state index contributed by atoms with van der Waals surface area (Å²) in [6, 6.07) is 22.3. The van der Waals surface area contributed by atoms with Gasteiger partial charge < -0.3 is 23.7 Å². The first kappa shape index (κ1) is 27.5. The van der Waals surface area contributed by atoms with Gasteiger partial charge in [-0.2, -0.15) is 0 Å². The van der Waals surface area contributed by atoms with E-state index in [9.17, 15) is 4.79 Å². The third-order valence-corrected chi connectivity index (χ3v) is 7.10. The molecule has 4 aromatic rings.